The average Bonchev–Trinajstić information content (AvgIpc) is 1.57. The van der Waals surface area contributed by atoms with Crippen LogP contribution in [0.5, 0.6) is 23.0 Å². The normalized spacial score (nSPS) is 16.7. The first-order valence-corrected chi connectivity index (χ1v) is 31.4. The molecule has 94 heavy (non-hydrogen) atoms. The molecule has 6 aromatic rings. The van der Waals surface area contributed by atoms with E-state index in [9.17, 15) is 37.5 Å². The number of alkyl halides is 1. The molecule has 4 atom stereocenters. The standard InChI is InChI=1S/C35H38FN3O4.C22H29N3O3.C13H10BrFO.CH2O3.CH4.2K/c1-23(2)20-27(35(34(37)42)18-7-8-19-35)32(40)38-29-17-16-25-11-3-5-14-30(25)39(33(29)41)22-24-10-9-12-26(21-24)43-31-15-6-4-13-28(31)36;1-14(2)13-16(22(21(23)28)11-5-6-12-22)19(26)25-18-10-9-15-7-3-4-8-17(15)24-20(18)27;14-9-10-4-3-5-11(8-10)16-13-7-2-1-6-12(13)15;2-1-4-3;;;/h3-15,21,23,27,29H,16-20,22H2,1-2H3,(H2,37,42)(H,38,40);3-8,14,16,18H,9-13H2,1-2H3,(H2,23,28)(H,24,27)(H,25,26);1-8H,9H2;1,3H;1H4;;/q;;;;;;+1/p-1/t27-,29?;16-,18?;;;;;/m00...../s1. The van der Waals surface area contributed by atoms with Crippen LogP contribution in [0.3, 0.4) is 0 Å². The Bertz CT molecular complexity index is 3580. The number of nitrogens with zero attached hydrogens (tertiary/aromatic N) is 1. The predicted molar refractivity (Wildman–Crippen MR) is 357 cm³/mol. The average molecular weight is 1400 g/mol. The first-order chi connectivity index (χ1) is 43.7. The van der Waals surface area contributed by atoms with Crippen LogP contribution in [-0.4, -0.2) is 105 Å². The number of nitrogens with one attached hydrogen (secondary N) is 3. The van der Waals surface area contributed by atoms with E-state index in [0.29, 0.717) is 75.7 Å². The van der Waals surface area contributed by atoms with Gasteiger partial charge in [-0.05, 0) is 159 Å². The molecule has 6 amide bonds. The summed E-state index contributed by atoms with van der Waals surface area (Å²) in [4.78, 5) is 92.0. The second-order valence-corrected chi connectivity index (χ2v) is 24.3. The number of rotatable bonds is 20. The minimum atomic E-state index is -0.997. The van der Waals surface area contributed by atoms with Crippen LogP contribution in [0.2, 0.25) is 0 Å². The number of carbonyl (C=O) groups excluding carboxylic acids is 7. The summed E-state index contributed by atoms with van der Waals surface area (Å²) in [6, 6.07) is 41.2. The molecule has 6 aromatic carbocycles. The molecule has 2 heterocycles. The summed E-state index contributed by atoms with van der Waals surface area (Å²) < 4.78 is 38.8. The molecule has 7 N–H and O–H groups in total. The maximum atomic E-state index is 14.2. The second kappa shape index (κ2) is 39.5. The van der Waals surface area contributed by atoms with Crippen LogP contribution in [0.25, 0.3) is 0 Å². The Labute approximate surface area is 643 Å². The fourth-order valence-corrected chi connectivity index (χ4v) is 12.2. The topological polar surface area (TPSA) is 262 Å². The van der Waals surface area contributed by atoms with E-state index in [0.717, 1.165) is 39.0 Å². The molecule has 0 aromatic heterocycles. The van der Waals surface area contributed by atoms with Crippen molar-refractivity contribution in [3.05, 3.63) is 204 Å². The Morgan fingerprint density at radius 1 is 0.649 bits per heavy atom. The summed E-state index contributed by atoms with van der Waals surface area (Å²) in [5.41, 5.74) is 15.2. The molecule has 10 rings (SSSR count). The number of ether oxygens (including phenoxy) is 2. The number of halogens is 3. The van der Waals surface area contributed by atoms with E-state index in [1.54, 1.807) is 65.6 Å². The Balaban J connectivity index is 0.000000316. The Morgan fingerprint density at radius 3 is 1.55 bits per heavy atom. The van der Waals surface area contributed by atoms with Gasteiger partial charge >= 0.3 is 51.4 Å². The van der Waals surface area contributed by atoms with Gasteiger partial charge in [0.1, 0.15) is 23.6 Å². The summed E-state index contributed by atoms with van der Waals surface area (Å²) in [5, 5.41) is 18.0. The monoisotopic (exact) mass is 1400 g/mol. The Hall–Kier alpha value is -5.74. The Kier molecular flexibility index (Phi) is 33.9. The molecule has 489 valence electrons. The van der Waals surface area contributed by atoms with Gasteiger partial charge in [-0.25, -0.2) is 8.78 Å². The van der Waals surface area contributed by atoms with E-state index in [4.69, 9.17) is 31.0 Å². The van der Waals surface area contributed by atoms with Crippen LogP contribution in [-0.2, 0) is 63.2 Å². The van der Waals surface area contributed by atoms with E-state index in [1.807, 2.05) is 125 Å². The van der Waals surface area contributed by atoms with Crippen molar-refractivity contribution in [1.29, 1.82) is 0 Å². The molecule has 22 heteroatoms. The van der Waals surface area contributed by atoms with E-state index in [-0.39, 0.29) is 176 Å². The van der Waals surface area contributed by atoms with Gasteiger partial charge in [0.05, 0.1) is 29.2 Å². The third-order valence-electron chi connectivity index (χ3n) is 16.6. The van der Waals surface area contributed by atoms with Crippen LogP contribution in [0.15, 0.2) is 170 Å². The van der Waals surface area contributed by atoms with E-state index >= 15 is 0 Å². The van der Waals surface area contributed by atoms with Gasteiger partial charge in [0, 0.05) is 68.1 Å². The van der Waals surface area contributed by atoms with Crippen molar-refractivity contribution in [2.24, 2.45) is 46.0 Å². The summed E-state index contributed by atoms with van der Waals surface area (Å²) in [6.07, 6.45) is 12.7. The third-order valence-corrected chi connectivity index (χ3v) is 17.2. The van der Waals surface area contributed by atoms with Gasteiger partial charge in [-0.3, -0.25) is 33.6 Å². The fourth-order valence-electron chi connectivity index (χ4n) is 11.9. The number of benzene rings is 6. The van der Waals surface area contributed by atoms with Crippen molar-refractivity contribution in [1.82, 2.24) is 10.6 Å². The van der Waals surface area contributed by atoms with Crippen molar-refractivity contribution in [3.8, 4) is 23.0 Å². The molecule has 2 unspecified atom stereocenters. The van der Waals surface area contributed by atoms with E-state index < -0.39 is 52.4 Å². The van der Waals surface area contributed by atoms with Crippen LogP contribution in [0.4, 0.5) is 20.2 Å². The zero-order valence-electron chi connectivity index (χ0n) is 53.4. The molecule has 0 fully saturated rings. The molecule has 2 aliphatic carbocycles. The number of hydrogen-bond donors (Lipinski definition) is 5. The molecule has 2 aliphatic heterocycles. The number of hydrogen-bond acceptors (Lipinski definition) is 11. The van der Waals surface area contributed by atoms with Crippen molar-refractivity contribution in [2.45, 2.75) is 123 Å². The van der Waals surface area contributed by atoms with Crippen molar-refractivity contribution < 1.29 is 113 Å². The van der Waals surface area contributed by atoms with Gasteiger partial charge < -0.3 is 51.9 Å². The molecule has 1 radical (unpaired) electrons. The minimum absolute atomic E-state index is 0. The van der Waals surface area contributed by atoms with Gasteiger partial charge in [0.25, 0.3) is 6.47 Å². The molecule has 0 saturated carbocycles. The fraction of sp³-hybridized carbons (Fsp3) is 0.347. The van der Waals surface area contributed by atoms with Crippen molar-refractivity contribution >= 4 is 121 Å². The summed E-state index contributed by atoms with van der Waals surface area (Å²) in [6.45, 7) is 8.10. The zero-order chi connectivity index (χ0) is 65.7. The predicted octanol–water partition coefficient (Wildman–Crippen LogP) is 8.81. The maximum absolute atomic E-state index is 14.2. The van der Waals surface area contributed by atoms with E-state index in [2.05, 4.69) is 36.8 Å². The van der Waals surface area contributed by atoms with Crippen LogP contribution >= 0.6 is 15.9 Å². The molecule has 17 nitrogen and oxygen atoms in total. The van der Waals surface area contributed by atoms with Gasteiger partial charge in [-0.1, -0.05) is 160 Å². The number of fused-ring (bicyclic) bond motifs is 2. The summed E-state index contributed by atoms with van der Waals surface area (Å²) >= 11 is 3.36. The maximum Gasteiger partial charge on any atom is 1.00 e. The first kappa shape index (κ1) is 80.7. The largest absolute Gasteiger partial charge is 1.00 e. The molecule has 0 bridgehead atoms. The molecule has 4 aliphatic rings. The number of nitrogens with two attached hydrogens (primary N) is 2. The molecular formula is C72H82BrF2K2N6O11. The number of aryl methyl sites for hydroxylation is 2. The SMILES string of the molecule is C.CC(C)C[C@@H](C(=O)NC1CCc2ccccc2N(Cc2cccc(Oc3ccccc3F)c2)C1=O)C1(C(N)=O)CC=CC1.CC(C)C[C@@H](C(=O)NC1CCc2ccccc2NC1=O)C1(C(N)=O)CC=CC1.Fc1ccccc1Oc1cccc(CBr)c1.O=CO[O-].[K+].[K]. The number of amides is 6. The quantitative estimate of drug-likeness (QED) is 0.0120. The van der Waals surface area contributed by atoms with Gasteiger partial charge in [-0.15, -0.1) is 0 Å². The number of anilines is 2. The molecular weight excluding hydrogens is 1320 g/mol. The molecule has 0 saturated heterocycles. The van der Waals surface area contributed by atoms with E-state index in [1.165, 1.54) is 12.1 Å². The van der Waals surface area contributed by atoms with Crippen LogP contribution < -0.4 is 98.4 Å². The summed E-state index contributed by atoms with van der Waals surface area (Å²) in [5.74, 6) is -2.19. The van der Waals surface area contributed by atoms with Gasteiger partial charge in [0.2, 0.25) is 35.4 Å². The third kappa shape index (κ3) is 21.9. The Morgan fingerprint density at radius 2 is 1.07 bits per heavy atom. The van der Waals surface area contributed by atoms with Crippen LogP contribution in [0.1, 0.15) is 109 Å². The number of primary amides is 2. The smallest absolute Gasteiger partial charge is 0.662 e. The number of allylic oxidation sites excluding steroid dienone is 4. The zero-order valence-corrected chi connectivity index (χ0v) is 61.3. The number of carbonyl (C=O) groups is 7. The van der Waals surface area contributed by atoms with Crippen molar-refractivity contribution in [3.63, 3.8) is 0 Å². The first-order valence-electron chi connectivity index (χ1n) is 30.3. The van der Waals surface area contributed by atoms with Crippen molar-refractivity contribution in [2.75, 3.05) is 10.2 Å². The number of para-hydroxylation sites is 4. The molecule has 0 spiro atoms. The van der Waals surface area contributed by atoms with Gasteiger partial charge in [-0.2, -0.15) is 0 Å². The minimum Gasteiger partial charge on any atom is -0.662 e. The van der Waals surface area contributed by atoms with Gasteiger partial charge in [0.15, 0.2) is 23.1 Å². The van der Waals surface area contributed by atoms with Crippen LogP contribution in [0, 0.1) is 46.1 Å². The second-order valence-electron chi connectivity index (χ2n) is 23.7. The summed E-state index contributed by atoms with van der Waals surface area (Å²) in [7, 11) is 0.